The van der Waals surface area contributed by atoms with Crippen LogP contribution in [0.15, 0.2) is 0 Å². The van der Waals surface area contributed by atoms with Crippen molar-refractivity contribution in [1.82, 2.24) is 0 Å². The first-order valence-electron chi connectivity index (χ1n) is 0.783. The van der Waals surface area contributed by atoms with Crippen molar-refractivity contribution in [2.45, 2.75) is 0 Å². The van der Waals surface area contributed by atoms with Crippen LogP contribution in [-0.4, -0.2) is 25.6 Å². The summed E-state index contributed by atoms with van der Waals surface area (Å²) in [4.78, 5) is 21.6. The second kappa shape index (κ2) is 4.20. The third-order valence-corrected chi connectivity index (χ3v) is 0. The Kier molecular flexibility index (Phi) is 9.43. The Labute approximate surface area is 39.3 Å². The van der Waals surface area contributed by atoms with Gasteiger partial charge in [-0.25, -0.2) is 4.57 Å². The van der Waals surface area contributed by atoms with Gasteiger partial charge in [-0.2, -0.15) is 0 Å². The predicted molar refractivity (Wildman–Crippen MR) is 21.5 cm³/mol. The fourth-order valence-electron chi connectivity index (χ4n) is 0. The van der Waals surface area contributed by atoms with E-state index >= 15 is 0 Å². The van der Waals surface area contributed by atoms with Crippen molar-refractivity contribution in [3.63, 3.8) is 0 Å². The average molecular weight is 134 g/mol. The number of rotatable bonds is 0. The van der Waals surface area contributed by atoms with E-state index in [1.807, 2.05) is 0 Å². The monoisotopic (exact) mass is 134 g/mol. The smallest absolute Gasteiger partial charge is 0.412 e. The largest absolute Gasteiger partial charge is 0.466 e. The molecule has 0 spiro atoms. The summed E-state index contributed by atoms with van der Waals surface area (Å²) in [6, 6.07) is 0. The lowest BCUT2D eigenvalue weighted by Crippen LogP contribution is -1.66. The molecule has 0 heterocycles. The Hall–Kier alpha value is 0.0300. The van der Waals surface area contributed by atoms with Gasteiger partial charge in [-0.3, -0.25) is 0 Å². The normalized spacial score (nSPS) is 8.43. The first-order valence-corrected chi connectivity index (χ1v) is 2.35. The van der Waals surface area contributed by atoms with Gasteiger partial charge in [0.1, 0.15) is 0 Å². The molecular weight excluding hydrogens is 127 g/mol. The van der Waals surface area contributed by atoms with Gasteiger partial charge in [-0.05, 0) is 0 Å². The Balaban J connectivity index is -0.0000000800. The first kappa shape index (κ1) is 15.7. The fourth-order valence-corrected chi connectivity index (χ4v) is 0. The van der Waals surface area contributed by atoms with Crippen LogP contribution in [0.25, 0.3) is 0 Å². The highest BCUT2D eigenvalue weighted by atomic mass is 31.2. The Morgan fingerprint density at radius 2 is 1.00 bits per heavy atom. The molecular formula is H7O6P. The van der Waals surface area contributed by atoms with E-state index in [-0.39, 0.29) is 11.0 Å². The molecule has 0 aliphatic heterocycles. The molecule has 0 aromatic heterocycles. The van der Waals surface area contributed by atoms with Crippen LogP contribution in [-0.2, 0) is 4.57 Å². The Bertz CT molecular complexity index is 50.3. The van der Waals surface area contributed by atoms with Gasteiger partial charge in [0, 0.05) is 0 Å². The second-order valence-electron chi connectivity index (χ2n) is 0.513. The fraction of sp³-hybridized carbons (Fsp3) is 0. The van der Waals surface area contributed by atoms with Gasteiger partial charge in [0.2, 0.25) is 0 Å². The van der Waals surface area contributed by atoms with Crippen molar-refractivity contribution in [3.8, 4) is 0 Å². The lowest BCUT2D eigenvalue weighted by molar-refractivity contribution is 0.275. The van der Waals surface area contributed by atoms with E-state index in [9.17, 15) is 0 Å². The van der Waals surface area contributed by atoms with Gasteiger partial charge in [-0.15, -0.1) is 0 Å². The van der Waals surface area contributed by atoms with Crippen LogP contribution in [0.2, 0.25) is 0 Å². The quantitative estimate of drug-likeness (QED) is 0.313. The van der Waals surface area contributed by atoms with E-state index in [1.54, 1.807) is 0 Å². The lowest BCUT2D eigenvalue weighted by atomic mass is 15.8. The molecule has 7 heteroatoms. The van der Waals surface area contributed by atoms with Crippen LogP contribution in [0.4, 0.5) is 0 Å². The van der Waals surface area contributed by atoms with Gasteiger partial charge in [0.15, 0.2) is 0 Å². The molecule has 7 heavy (non-hydrogen) atoms. The minimum absolute atomic E-state index is 0. The summed E-state index contributed by atoms with van der Waals surface area (Å²) in [6.45, 7) is 0. The van der Waals surface area contributed by atoms with Crippen molar-refractivity contribution >= 4 is 7.82 Å². The number of hydrogen-bond acceptors (Lipinski definition) is 1. The topological polar surface area (TPSA) is 141 Å². The molecule has 0 amide bonds. The Morgan fingerprint density at radius 3 is 1.00 bits per heavy atom. The van der Waals surface area contributed by atoms with E-state index in [2.05, 4.69) is 0 Å². The second-order valence-corrected chi connectivity index (χ2v) is 1.54. The molecule has 0 rings (SSSR count). The maximum absolute atomic E-state index is 8.88. The number of phosphoric acid groups is 1. The minimum Gasteiger partial charge on any atom is -0.412 e. The molecule has 0 atom stereocenters. The first-order chi connectivity index (χ1) is 2.00. The standard InChI is InChI=1S/H3O4P.2H2O/c1-5(2,3)4;;/h(H3,1,2,3,4);2*1H2. The maximum atomic E-state index is 8.88. The van der Waals surface area contributed by atoms with Crippen LogP contribution in [0.1, 0.15) is 0 Å². The van der Waals surface area contributed by atoms with Gasteiger partial charge < -0.3 is 25.6 Å². The average Bonchev–Trinajstić information content (AvgIpc) is 0.722. The third-order valence-electron chi connectivity index (χ3n) is 0. The summed E-state index contributed by atoms with van der Waals surface area (Å²) in [5.41, 5.74) is 0. The molecule has 7 N–H and O–H groups in total. The van der Waals surface area contributed by atoms with Crippen LogP contribution in [0.5, 0.6) is 0 Å². The molecule has 0 fully saturated rings. The molecule has 0 bridgehead atoms. The van der Waals surface area contributed by atoms with Crippen LogP contribution in [0, 0.1) is 0 Å². The maximum Gasteiger partial charge on any atom is 0.466 e. The zero-order valence-electron chi connectivity index (χ0n) is 3.20. The minimum atomic E-state index is -4.64. The Morgan fingerprint density at radius 1 is 1.00 bits per heavy atom. The van der Waals surface area contributed by atoms with E-state index in [4.69, 9.17) is 19.2 Å². The molecule has 0 aromatic carbocycles. The lowest BCUT2D eigenvalue weighted by Gasteiger charge is -1.82. The van der Waals surface area contributed by atoms with Crippen LogP contribution in [0.3, 0.4) is 0 Å². The molecule has 48 valence electrons. The van der Waals surface area contributed by atoms with Crippen LogP contribution >= 0.6 is 7.82 Å². The zero-order chi connectivity index (χ0) is 4.50. The summed E-state index contributed by atoms with van der Waals surface area (Å²) in [6.07, 6.45) is 0. The van der Waals surface area contributed by atoms with E-state index in [0.29, 0.717) is 0 Å². The molecule has 6 nitrogen and oxygen atoms in total. The zero-order valence-corrected chi connectivity index (χ0v) is 4.09. The molecule has 0 aliphatic rings. The predicted octanol–water partition coefficient (Wildman–Crippen LogP) is -2.58. The van der Waals surface area contributed by atoms with E-state index in [1.165, 1.54) is 0 Å². The van der Waals surface area contributed by atoms with Crippen molar-refractivity contribution in [2.75, 3.05) is 0 Å². The van der Waals surface area contributed by atoms with Crippen molar-refractivity contribution in [3.05, 3.63) is 0 Å². The number of hydrogen-bond donors (Lipinski definition) is 3. The van der Waals surface area contributed by atoms with Gasteiger partial charge in [0.05, 0.1) is 0 Å². The summed E-state index contributed by atoms with van der Waals surface area (Å²) in [5.74, 6) is 0. The summed E-state index contributed by atoms with van der Waals surface area (Å²) < 4.78 is 8.88. The third kappa shape index (κ3) is 109000. The molecule has 0 unspecified atom stereocenters. The highest BCUT2D eigenvalue weighted by Gasteiger charge is 2.00. The van der Waals surface area contributed by atoms with Crippen molar-refractivity contribution in [1.29, 1.82) is 0 Å². The molecule has 0 aliphatic carbocycles. The van der Waals surface area contributed by atoms with Crippen LogP contribution < -0.4 is 0 Å². The highest BCUT2D eigenvalue weighted by molar-refractivity contribution is 7.45. The molecule has 0 saturated carbocycles. The molecule has 0 radical (unpaired) electrons. The SMILES string of the molecule is O.O.O=P(O)(O)O. The molecule has 0 aromatic rings. The van der Waals surface area contributed by atoms with E-state index in [0.717, 1.165) is 0 Å². The summed E-state index contributed by atoms with van der Waals surface area (Å²) in [7, 11) is -4.64. The van der Waals surface area contributed by atoms with Gasteiger partial charge in [0.25, 0.3) is 0 Å². The summed E-state index contributed by atoms with van der Waals surface area (Å²) >= 11 is 0. The van der Waals surface area contributed by atoms with E-state index < -0.39 is 7.82 Å². The van der Waals surface area contributed by atoms with Gasteiger partial charge in [-0.1, -0.05) is 0 Å². The molecule has 0 saturated heterocycles. The van der Waals surface area contributed by atoms with Crippen molar-refractivity contribution in [2.24, 2.45) is 0 Å². The summed E-state index contributed by atoms with van der Waals surface area (Å²) in [5, 5.41) is 0. The van der Waals surface area contributed by atoms with Gasteiger partial charge >= 0.3 is 7.82 Å². The van der Waals surface area contributed by atoms with Crippen molar-refractivity contribution < 1.29 is 30.2 Å². The highest BCUT2D eigenvalue weighted by Crippen LogP contribution is 2.25.